The summed E-state index contributed by atoms with van der Waals surface area (Å²) in [6, 6.07) is 0. The summed E-state index contributed by atoms with van der Waals surface area (Å²) in [5, 5.41) is 8.88. The van der Waals surface area contributed by atoms with Crippen LogP contribution in [0, 0.1) is 5.92 Å². The van der Waals surface area contributed by atoms with E-state index >= 15 is 0 Å². The predicted molar refractivity (Wildman–Crippen MR) is 82.2 cm³/mol. The van der Waals surface area contributed by atoms with Gasteiger partial charge in [0.15, 0.2) is 0 Å². The fourth-order valence-electron chi connectivity index (χ4n) is 3.40. The van der Waals surface area contributed by atoms with Gasteiger partial charge >= 0.3 is 0 Å². The number of rotatable bonds is 9. The standard InChI is InChI=1S/C16H34N2O/c1-3-11-18(12-5-4-6-13-19)16(14-17)9-7-15(2)8-10-16/h15,19H,3-14,17H2,1-2H3. The molecule has 0 aromatic carbocycles. The smallest absolute Gasteiger partial charge is 0.0431 e. The van der Waals surface area contributed by atoms with E-state index in [0.717, 1.165) is 31.8 Å². The summed E-state index contributed by atoms with van der Waals surface area (Å²) in [6.45, 7) is 8.08. The van der Waals surface area contributed by atoms with E-state index in [1.165, 1.54) is 45.1 Å². The van der Waals surface area contributed by atoms with Crippen molar-refractivity contribution in [3.05, 3.63) is 0 Å². The molecule has 0 amide bonds. The molecule has 0 aliphatic heterocycles. The fraction of sp³-hybridized carbons (Fsp3) is 1.00. The zero-order valence-electron chi connectivity index (χ0n) is 13.0. The van der Waals surface area contributed by atoms with Crippen LogP contribution in [0.3, 0.4) is 0 Å². The van der Waals surface area contributed by atoms with Crippen molar-refractivity contribution in [1.82, 2.24) is 4.90 Å². The van der Waals surface area contributed by atoms with Gasteiger partial charge in [0.25, 0.3) is 0 Å². The minimum Gasteiger partial charge on any atom is -0.396 e. The van der Waals surface area contributed by atoms with Gasteiger partial charge in [-0.2, -0.15) is 0 Å². The quantitative estimate of drug-likeness (QED) is 0.633. The highest BCUT2D eigenvalue weighted by Gasteiger charge is 2.37. The van der Waals surface area contributed by atoms with Crippen molar-refractivity contribution in [3.63, 3.8) is 0 Å². The molecule has 0 aromatic rings. The van der Waals surface area contributed by atoms with Crippen molar-refractivity contribution >= 4 is 0 Å². The van der Waals surface area contributed by atoms with Crippen LogP contribution in [0.4, 0.5) is 0 Å². The summed E-state index contributed by atoms with van der Waals surface area (Å²) in [6.07, 6.45) is 9.66. The molecule has 3 nitrogen and oxygen atoms in total. The van der Waals surface area contributed by atoms with Crippen molar-refractivity contribution < 1.29 is 5.11 Å². The Kier molecular flexibility index (Phi) is 7.96. The highest BCUT2D eigenvalue weighted by Crippen LogP contribution is 2.36. The second-order valence-corrected chi connectivity index (χ2v) is 6.38. The van der Waals surface area contributed by atoms with E-state index < -0.39 is 0 Å². The summed E-state index contributed by atoms with van der Waals surface area (Å²) in [5.74, 6) is 0.873. The third-order valence-electron chi connectivity index (χ3n) is 4.84. The summed E-state index contributed by atoms with van der Waals surface area (Å²) >= 11 is 0. The second-order valence-electron chi connectivity index (χ2n) is 6.38. The molecular weight excluding hydrogens is 236 g/mol. The molecule has 1 fully saturated rings. The SMILES string of the molecule is CCCN(CCCCCO)C1(CN)CCC(C)CC1. The van der Waals surface area contributed by atoms with E-state index in [-0.39, 0.29) is 5.54 Å². The largest absolute Gasteiger partial charge is 0.396 e. The Morgan fingerprint density at radius 3 is 2.37 bits per heavy atom. The molecule has 1 rings (SSSR count). The Hall–Kier alpha value is -0.120. The van der Waals surface area contributed by atoms with E-state index in [1.54, 1.807) is 0 Å². The molecule has 114 valence electrons. The first kappa shape index (κ1) is 16.9. The number of aliphatic hydroxyl groups is 1. The minimum atomic E-state index is 0.266. The highest BCUT2D eigenvalue weighted by atomic mass is 16.2. The Bertz CT molecular complexity index is 225. The molecule has 0 radical (unpaired) electrons. The van der Waals surface area contributed by atoms with Gasteiger partial charge in [0.2, 0.25) is 0 Å². The third-order valence-corrected chi connectivity index (χ3v) is 4.84. The first-order valence-corrected chi connectivity index (χ1v) is 8.24. The topological polar surface area (TPSA) is 49.5 Å². The maximum Gasteiger partial charge on any atom is 0.0431 e. The average Bonchev–Trinajstić information content (AvgIpc) is 2.44. The normalized spacial score (nSPS) is 27.9. The lowest BCUT2D eigenvalue weighted by Gasteiger charge is -2.47. The van der Waals surface area contributed by atoms with Crippen molar-refractivity contribution in [2.24, 2.45) is 11.7 Å². The Labute approximate surface area is 119 Å². The molecule has 3 N–H and O–H groups in total. The van der Waals surface area contributed by atoms with E-state index in [0.29, 0.717) is 6.61 Å². The number of nitrogens with two attached hydrogens (primary N) is 1. The van der Waals surface area contributed by atoms with Gasteiger partial charge in [-0.15, -0.1) is 0 Å². The van der Waals surface area contributed by atoms with Gasteiger partial charge in [-0.1, -0.05) is 13.8 Å². The number of unbranched alkanes of at least 4 members (excludes halogenated alkanes) is 2. The summed E-state index contributed by atoms with van der Waals surface area (Å²) in [7, 11) is 0. The predicted octanol–water partition coefficient (Wildman–Crippen LogP) is 2.77. The Morgan fingerprint density at radius 1 is 1.16 bits per heavy atom. The van der Waals surface area contributed by atoms with E-state index in [4.69, 9.17) is 10.8 Å². The minimum absolute atomic E-state index is 0.266. The Balaban J connectivity index is 2.55. The molecule has 1 aliphatic carbocycles. The summed E-state index contributed by atoms with van der Waals surface area (Å²) in [5.41, 5.74) is 6.43. The molecule has 3 heteroatoms. The van der Waals surface area contributed by atoms with Gasteiger partial charge in [-0.3, -0.25) is 4.90 Å². The van der Waals surface area contributed by atoms with Gasteiger partial charge in [-0.25, -0.2) is 0 Å². The van der Waals surface area contributed by atoms with Crippen molar-refractivity contribution in [3.8, 4) is 0 Å². The van der Waals surface area contributed by atoms with Crippen LogP contribution in [0.15, 0.2) is 0 Å². The van der Waals surface area contributed by atoms with Crippen molar-refractivity contribution in [1.29, 1.82) is 0 Å². The van der Waals surface area contributed by atoms with Crippen LogP contribution in [0.25, 0.3) is 0 Å². The van der Waals surface area contributed by atoms with E-state index in [1.807, 2.05) is 0 Å². The molecule has 19 heavy (non-hydrogen) atoms. The first-order chi connectivity index (χ1) is 9.18. The zero-order chi connectivity index (χ0) is 14.1. The average molecular weight is 270 g/mol. The van der Waals surface area contributed by atoms with Crippen LogP contribution < -0.4 is 5.73 Å². The Morgan fingerprint density at radius 2 is 1.84 bits per heavy atom. The summed E-state index contributed by atoms with van der Waals surface area (Å²) in [4.78, 5) is 2.66. The molecule has 1 saturated carbocycles. The molecule has 0 bridgehead atoms. The molecule has 1 aliphatic rings. The molecule has 0 spiro atoms. The monoisotopic (exact) mass is 270 g/mol. The lowest BCUT2D eigenvalue weighted by molar-refractivity contribution is 0.0427. The van der Waals surface area contributed by atoms with Gasteiger partial charge < -0.3 is 10.8 Å². The van der Waals surface area contributed by atoms with Crippen LogP contribution in [-0.2, 0) is 0 Å². The lowest BCUT2D eigenvalue weighted by Crippen LogP contribution is -2.56. The number of nitrogens with zero attached hydrogens (tertiary/aromatic N) is 1. The van der Waals surface area contributed by atoms with Crippen LogP contribution in [0.5, 0.6) is 0 Å². The highest BCUT2D eigenvalue weighted by molar-refractivity contribution is 4.95. The second kappa shape index (κ2) is 8.93. The third kappa shape index (κ3) is 5.05. The van der Waals surface area contributed by atoms with Gasteiger partial charge in [0.05, 0.1) is 0 Å². The fourth-order valence-corrected chi connectivity index (χ4v) is 3.40. The molecule has 0 atom stereocenters. The van der Waals surface area contributed by atoms with Crippen molar-refractivity contribution in [2.75, 3.05) is 26.2 Å². The number of aliphatic hydroxyl groups excluding tert-OH is 1. The lowest BCUT2D eigenvalue weighted by atomic mass is 9.75. The number of hydrogen-bond acceptors (Lipinski definition) is 3. The van der Waals surface area contributed by atoms with Crippen LogP contribution >= 0.6 is 0 Å². The van der Waals surface area contributed by atoms with E-state index in [9.17, 15) is 0 Å². The van der Waals surface area contributed by atoms with Crippen LogP contribution in [0.2, 0.25) is 0 Å². The molecule has 0 aromatic heterocycles. The van der Waals surface area contributed by atoms with E-state index in [2.05, 4.69) is 18.7 Å². The van der Waals surface area contributed by atoms with Gasteiger partial charge in [0.1, 0.15) is 0 Å². The van der Waals surface area contributed by atoms with Crippen molar-refractivity contribution in [2.45, 2.75) is 70.8 Å². The maximum atomic E-state index is 8.88. The zero-order valence-corrected chi connectivity index (χ0v) is 13.0. The first-order valence-electron chi connectivity index (χ1n) is 8.24. The van der Waals surface area contributed by atoms with Gasteiger partial charge in [0, 0.05) is 18.7 Å². The molecule has 0 saturated heterocycles. The number of hydrogen-bond donors (Lipinski definition) is 2. The molecule has 0 heterocycles. The van der Waals surface area contributed by atoms with Crippen LogP contribution in [0.1, 0.15) is 65.2 Å². The van der Waals surface area contributed by atoms with Gasteiger partial charge in [-0.05, 0) is 70.4 Å². The summed E-state index contributed by atoms with van der Waals surface area (Å²) < 4.78 is 0. The van der Waals surface area contributed by atoms with Crippen LogP contribution in [-0.4, -0.2) is 41.8 Å². The maximum absolute atomic E-state index is 8.88. The molecule has 0 unspecified atom stereocenters. The molecular formula is C16H34N2O.